The number of hydrogen-bond acceptors (Lipinski definition) is 4. The highest BCUT2D eigenvalue weighted by atomic mass is 79.9. The van der Waals surface area contributed by atoms with Gasteiger partial charge in [-0.2, -0.15) is 0 Å². The molecule has 1 aromatic carbocycles. The minimum Gasteiger partial charge on any atom is -0.462 e. The van der Waals surface area contributed by atoms with Crippen LogP contribution in [0.5, 0.6) is 0 Å². The van der Waals surface area contributed by atoms with E-state index in [-0.39, 0.29) is 5.97 Å². The molecular weight excluding hydrogens is 308 g/mol. The average molecular weight is 327 g/mol. The molecule has 1 aromatic rings. The van der Waals surface area contributed by atoms with Gasteiger partial charge in [0.15, 0.2) is 0 Å². The number of halogens is 1. The van der Waals surface area contributed by atoms with Gasteiger partial charge < -0.3 is 15.4 Å². The molecule has 0 aliphatic carbocycles. The number of benzene rings is 1. The summed E-state index contributed by atoms with van der Waals surface area (Å²) in [5.74, 6) is -0.319. The van der Waals surface area contributed by atoms with E-state index in [2.05, 4.69) is 20.8 Å². The third-order valence-corrected chi connectivity index (χ3v) is 4.18. The van der Waals surface area contributed by atoms with Gasteiger partial charge in [0.25, 0.3) is 0 Å². The van der Waals surface area contributed by atoms with E-state index >= 15 is 0 Å². The van der Waals surface area contributed by atoms with Crippen molar-refractivity contribution in [1.29, 1.82) is 0 Å². The van der Waals surface area contributed by atoms with Crippen LogP contribution in [0.1, 0.15) is 29.6 Å². The average Bonchev–Trinajstić information content (AvgIpc) is 2.91. The summed E-state index contributed by atoms with van der Waals surface area (Å²) in [6, 6.07) is 5.21. The Balaban J connectivity index is 1.76. The van der Waals surface area contributed by atoms with Gasteiger partial charge in [-0.1, -0.05) is 6.07 Å². The first kappa shape index (κ1) is 14.3. The van der Waals surface area contributed by atoms with E-state index in [0.717, 1.165) is 13.0 Å². The zero-order valence-electron chi connectivity index (χ0n) is 10.9. The van der Waals surface area contributed by atoms with Crippen molar-refractivity contribution in [2.24, 2.45) is 0 Å². The molecule has 2 N–H and O–H groups in total. The number of rotatable bonds is 5. The second kappa shape index (κ2) is 6.91. The van der Waals surface area contributed by atoms with Gasteiger partial charge in [0.05, 0.1) is 16.6 Å². The minimum atomic E-state index is -0.319. The maximum Gasteiger partial charge on any atom is 0.339 e. The molecule has 0 aromatic heterocycles. The van der Waals surface area contributed by atoms with Crippen LogP contribution in [0.25, 0.3) is 0 Å². The molecule has 0 unspecified atom stereocenters. The van der Waals surface area contributed by atoms with Gasteiger partial charge in [-0.25, -0.2) is 4.79 Å². The molecule has 0 radical (unpaired) electrons. The highest BCUT2D eigenvalue weighted by molar-refractivity contribution is 9.10. The molecule has 0 amide bonds. The topological polar surface area (TPSA) is 55.6 Å². The molecule has 0 bridgehead atoms. The molecule has 0 spiro atoms. The number of esters is 1. The molecule has 1 heterocycles. The monoisotopic (exact) mass is 326 g/mol. The van der Waals surface area contributed by atoms with Gasteiger partial charge in [0.2, 0.25) is 0 Å². The Bertz CT molecular complexity index is 445. The van der Waals surface area contributed by atoms with E-state index < -0.39 is 0 Å². The first-order valence-electron chi connectivity index (χ1n) is 6.62. The number of nitrogens with two attached hydrogens (primary N) is 1. The quantitative estimate of drug-likeness (QED) is 0.513. The van der Waals surface area contributed by atoms with Crippen LogP contribution in [0, 0.1) is 0 Å². The lowest BCUT2D eigenvalue weighted by molar-refractivity contribution is 0.0490. The molecule has 4 nitrogen and oxygen atoms in total. The third-order valence-electron chi connectivity index (χ3n) is 3.30. The maximum absolute atomic E-state index is 11.9. The van der Waals surface area contributed by atoms with Crippen molar-refractivity contribution in [1.82, 2.24) is 4.90 Å². The van der Waals surface area contributed by atoms with E-state index in [4.69, 9.17) is 10.5 Å². The Morgan fingerprint density at radius 1 is 1.37 bits per heavy atom. The molecule has 1 aliphatic rings. The van der Waals surface area contributed by atoms with Crippen LogP contribution in [0.2, 0.25) is 0 Å². The first-order chi connectivity index (χ1) is 9.18. The highest BCUT2D eigenvalue weighted by Gasteiger charge is 2.14. The van der Waals surface area contributed by atoms with Gasteiger partial charge in [-0.15, -0.1) is 0 Å². The Hall–Kier alpha value is -1.07. The van der Waals surface area contributed by atoms with Crippen LogP contribution >= 0.6 is 15.9 Å². The summed E-state index contributed by atoms with van der Waals surface area (Å²) in [4.78, 5) is 14.3. The van der Waals surface area contributed by atoms with Crippen molar-refractivity contribution < 1.29 is 9.53 Å². The van der Waals surface area contributed by atoms with E-state index in [1.807, 2.05) is 0 Å². The summed E-state index contributed by atoms with van der Waals surface area (Å²) in [5, 5.41) is 0. The second-order valence-electron chi connectivity index (χ2n) is 4.75. The largest absolute Gasteiger partial charge is 0.462 e. The van der Waals surface area contributed by atoms with Gasteiger partial charge in [-0.3, -0.25) is 0 Å². The molecule has 5 heteroatoms. The zero-order valence-corrected chi connectivity index (χ0v) is 12.5. The van der Waals surface area contributed by atoms with Gasteiger partial charge in [0, 0.05) is 12.2 Å². The molecule has 0 saturated carbocycles. The Labute approximate surface area is 122 Å². The number of carbonyl (C=O) groups is 1. The fourth-order valence-electron chi connectivity index (χ4n) is 2.24. The molecule has 1 fully saturated rings. The Morgan fingerprint density at radius 3 is 2.84 bits per heavy atom. The first-order valence-corrected chi connectivity index (χ1v) is 7.41. The molecule has 19 heavy (non-hydrogen) atoms. The lowest BCUT2D eigenvalue weighted by Crippen LogP contribution is -2.22. The van der Waals surface area contributed by atoms with E-state index in [1.54, 1.807) is 18.2 Å². The summed E-state index contributed by atoms with van der Waals surface area (Å²) in [6.07, 6.45) is 3.46. The molecule has 0 atom stereocenters. The van der Waals surface area contributed by atoms with Crippen LogP contribution in [0.15, 0.2) is 22.7 Å². The molecular formula is C14H19BrN2O2. The lowest BCUT2D eigenvalue weighted by atomic mass is 10.2. The maximum atomic E-state index is 11.9. The smallest absolute Gasteiger partial charge is 0.339 e. The number of nitrogen functional groups attached to an aromatic ring is 1. The van der Waals surface area contributed by atoms with Crippen molar-refractivity contribution >= 4 is 27.6 Å². The highest BCUT2D eigenvalue weighted by Crippen LogP contribution is 2.24. The fourth-order valence-corrected chi connectivity index (χ4v) is 2.67. The standard InChI is InChI=1S/C14H19BrN2O2/c15-13-11(5-3-6-12(13)16)14(18)19-10-4-9-17-7-1-2-8-17/h3,5-6H,1-2,4,7-10,16H2. The van der Waals surface area contributed by atoms with Crippen molar-refractivity contribution in [3.63, 3.8) is 0 Å². The number of nitrogens with zero attached hydrogens (tertiary/aromatic N) is 1. The molecule has 104 valence electrons. The van der Waals surface area contributed by atoms with Crippen LogP contribution < -0.4 is 5.73 Å². The second-order valence-corrected chi connectivity index (χ2v) is 5.54. The predicted octanol–water partition coefficient (Wildman–Crippen LogP) is 2.67. The summed E-state index contributed by atoms with van der Waals surface area (Å²) >= 11 is 3.31. The van der Waals surface area contributed by atoms with Gasteiger partial charge in [0.1, 0.15) is 0 Å². The van der Waals surface area contributed by atoms with E-state index in [9.17, 15) is 4.79 Å². The zero-order chi connectivity index (χ0) is 13.7. The van der Waals surface area contributed by atoms with E-state index in [0.29, 0.717) is 22.3 Å². The van der Waals surface area contributed by atoms with Crippen LogP contribution in [-0.2, 0) is 4.74 Å². The van der Waals surface area contributed by atoms with Crippen molar-refractivity contribution in [2.75, 3.05) is 32.0 Å². The van der Waals surface area contributed by atoms with Crippen molar-refractivity contribution in [3.05, 3.63) is 28.2 Å². The Morgan fingerprint density at radius 2 is 2.11 bits per heavy atom. The number of carbonyl (C=O) groups excluding carboxylic acids is 1. The molecule has 1 saturated heterocycles. The predicted molar refractivity (Wildman–Crippen MR) is 79.1 cm³/mol. The van der Waals surface area contributed by atoms with Crippen molar-refractivity contribution in [3.8, 4) is 0 Å². The van der Waals surface area contributed by atoms with Crippen LogP contribution in [-0.4, -0.2) is 37.1 Å². The third kappa shape index (κ3) is 3.94. The van der Waals surface area contributed by atoms with Crippen molar-refractivity contribution in [2.45, 2.75) is 19.3 Å². The van der Waals surface area contributed by atoms with Gasteiger partial charge >= 0.3 is 5.97 Å². The van der Waals surface area contributed by atoms with Crippen LogP contribution in [0.4, 0.5) is 5.69 Å². The fraction of sp³-hybridized carbons (Fsp3) is 0.500. The number of ether oxygens (including phenoxy) is 1. The number of anilines is 1. The summed E-state index contributed by atoms with van der Waals surface area (Å²) in [5.41, 5.74) is 6.77. The molecule has 2 rings (SSSR count). The summed E-state index contributed by atoms with van der Waals surface area (Å²) in [6.45, 7) is 3.81. The lowest BCUT2D eigenvalue weighted by Gasteiger charge is -2.14. The summed E-state index contributed by atoms with van der Waals surface area (Å²) in [7, 11) is 0. The Kier molecular flexibility index (Phi) is 5.22. The summed E-state index contributed by atoms with van der Waals surface area (Å²) < 4.78 is 5.88. The number of likely N-dealkylation sites (tertiary alicyclic amines) is 1. The van der Waals surface area contributed by atoms with Crippen LogP contribution in [0.3, 0.4) is 0 Å². The SMILES string of the molecule is Nc1cccc(C(=O)OCCCN2CCCC2)c1Br. The normalized spacial score (nSPS) is 15.6. The number of hydrogen-bond donors (Lipinski definition) is 1. The molecule has 1 aliphatic heterocycles. The van der Waals surface area contributed by atoms with Gasteiger partial charge in [-0.05, 0) is 60.4 Å². The van der Waals surface area contributed by atoms with E-state index in [1.165, 1.54) is 25.9 Å². The minimum absolute atomic E-state index is 0.319.